The smallest absolute Gasteiger partial charge is 0.244 e. The summed E-state index contributed by atoms with van der Waals surface area (Å²) in [4.78, 5) is 2.38. The van der Waals surface area contributed by atoms with E-state index in [-0.39, 0.29) is 12.4 Å². The summed E-state index contributed by atoms with van der Waals surface area (Å²) >= 11 is 0. The molecule has 116 valence electrons. The Morgan fingerprint density at radius 1 is 0.909 bits per heavy atom. The van der Waals surface area contributed by atoms with Gasteiger partial charge in [-0.1, -0.05) is 50.2 Å². The predicted molar refractivity (Wildman–Crippen MR) is 89.8 cm³/mol. The Labute approximate surface area is 139 Å². The number of hydrogen-bond acceptors (Lipinski definition) is 1. The molecule has 0 aromatic heterocycles. The standard InChI is InChI=1S/C19H23N2.ClH/c1-3-16-9-5-7-11-18(16)20-13-14-21(15-20)19-12-8-6-10-17(19)4-2;/h5-12,15H,3-4,13-14H2,1-2H3;1H/q+1;/p-1. The quantitative estimate of drug-likeness (QED) is 0.764. The highest BCUT2D eigenvalue weighted by Gasteiger charge is 2.24. The molecule has 0 saturated carbocycles. The molecule has 0 fully saturated rings. The fourth-order valence-electron chi connectivity index (χ4n) is 3.04. The summed E-state index contributed by atoms with van der Waals surface area (Å²) in [5, 5.41) is 0. The molecule has 0 spiro atoms. The number of benzene rings is 2. The van der Waals surface area contributed by atoms with Crippen molar-refractivity contribution in [3.05, 3.63) is 59.7 Å². The van der Waals surface area contributed by atoms with Crippen molar-refractivity contribution in [3.63, 3.8) is 0 Å². The van der Waals surface area contributed by atoms with Gasteiger partial charge in [-0.2, -0.15) is 0 Å². The number of aryl methyl sites for hydroxylation is 2. The van der Waals surface area contributed by atoms with Crippen LogP contribution in [0.3, 0.4) is 0 Å². The monoisotopic (exact) mass is 314 g/mol. The maximum atomic E-state index is 2.38. The average Bonchev–Trinajstić information content (AvgIpc) is 3.04. The Morgan fingerprint density at radius 2 is 1.55 bits per heavy atom. The minimum absolute atomic E-state index is 0. The van der Waals surface area contributed by atoms with Gasteiger partial charge in [0.25, 0.3) is 0 Å². The molecule has 22 heavy (non-hydrogen) atoms. The molecule has 0 bridgehead atoms. The van der Waals surface area contributed by atoms with Gasteiger partial charge in [-0.15, -0.1) is 0 Å². The summed E-state index contributed by atoms with van der Waals surface area (Å²) < 4.78 is 2.38. The van der Waals surface area contributed by atoms with Gasteiger partial charge in [-0.3, -0.25) is 0 Å². The molecule has 1 aliphatic heterocycles. The van der Waals surface area contributed by atoms with Crippen LogP contribution in [0.4, 0.5) is 11.4 Å². The van der Waals surface area contributed by atoms with Crippen molar-refractivity contribution >= 4 is 17.7 Å². The third-order valence-electron chi connectivity index (χ3n) is 4.22. The Morgan fingerprint density at radius 3 is 2.27 bits per heavy atom. The van der Waals surface area contributed by atoms with Crippen LogP contribution in [0, 0.1) is 0 Å². The first-order valence-corrected chi connectivity index (χ1v) is 7.87. The highest BCUT2D eigenvalue weighted by Crippen LogP contribution is 2.25. The Bertz CT molecular complexity index is 664. The van der Waals surface area contributed by atoms with E-state index in [9.17, 15) is 0 Å². The second-order valence-electron chi connectivity index (χ2n) is 5.47. The van der Waals surface area contributed by atoms with Gasteiger partial charge >= 0.3 is 0 Å². The Hall–Kier alpha value is -1.80. The second-order valence-corrected chi connectivity index (χ2v) is 5.47. The molecule has 0 radical (unpaired) electrons. The van der Waals surface area contributed by atoms with Gasteiger partial charge in [0, 0.05) is 0 Å². The van der Waals surface area contributed by atoms with E-state index in [0.717, 1.165) is 25.9 Å². The second kappa shape index (κ2) is 7.46. The summed E-state index contributed by atoms with van der Waals surface area (Å²) in [5.41, 5.74) is 5.52. The molecular weight excluding hydrogens is 292 g/mol. The van der Waals surface area contributed by atoms with Gasteiger partial charge < -0.3 is 12.4 Å². The van der Waals surface area contributed by atoms with Crippen molar-refractivity contribution in [2.45, 2.75) is 26.7 Å². The van der Waals surface area contributed by atoms with E-state index in [2.05, 4.69) is 78.2 Å². The molecule has 2 aromatic carbocycles. The van der Waals surface area contributed by atoms with Gasteiger partial charge in [0.05, 0.1) is 0 Å². The number of hydrogen-bond donors (Lipinski definition) is 0. The maximum Gasteiger partial charge on any atom is 0.244 e. The van der Waals surface area contributed by atoms with Crippen molar-refractivity contribution in [2.75, 3.05) is 18.0 Å². The summed E-state index contributed by atoms with van der Waals surface area (Å²) in [6, 6.07) is 17.4. The maximum absolute atomic E-state index is 2.38. The van der Waals surface area contributed by atoms with Gasteiger partial charge in [-0.25, -0.2) is 9.48 Å². The minimum Gasteiger partial charge on any atom is -1.00 e. The van der Waals surface area contributed by atoms with Crippen molar-refractivity contribution in [3.8, 4) is 0 Å². The van der Waals surface area contributed by atoms with E-state index < -0.39 is 0 Å². The molecule has 2 aromatic rings. The molecule has 1 aliphatic rings. The van der Waals surface area contributed by atoms with E-state index in [1.807, 2.05) is 0 Å². The summed E-state index contributed by atoms with van der Waals surface area (Å²) in [5.74, 6) is 0. The summed E-state index contributed by atoms with van der Waals surface area (Å²) in [6.45, 7) is 6.54. The Kier molecular flexibility index (Phi) is 5.62. The van der Waals surface area contributed by atoms with Gasteiger partial charge in [0.1, 0.15) is 24.5 Å². The van der Waals surface area contributed by atoms with Crippen LogP contribution in [-0.2, 0) is 12.8 Å². The lowest BCUT2D eigenvalue weighted by Crippen LogP contribution is -3.00. The first kappa shape index (κ1) is 16.6. The molecule has 0 aliphatic carbocycles. The molecule has 2 nitrogen and oxygen atoms in total. The minimum atomic E-state index is 0. The number of rotatable bonds is 4. The highest BCUT2D eigenvalue weighted by atomic mass is 35.5. The van der Waals surface area contributed by atoms with Gasteiger partial charge in [-0.05, 0) is 36.1 Å². The van der Waals surface area contributed by atoms with Crippen LogP contribution in [0.5, 0.6) is 0 Å². The molecule has 0 N–H and O–H groups in total. The lowest BCUT2D eigenvalue weighted by molar-refractivity contribution is -0.424. The molecule has 3 heteroatoms. The van der Waals surface area contributed by atoms with E-state index >= 15 is 0 Å². The molecule has 0 saturated heterocycles. The molecule has 0 unspecified atom stereocenters. The van der Waals surface area contributed by atoms with E-state index in [4.69, 9.17) is 0 Å². The number of para-hydroxylation sites is 2. The highest BCUT2D eigenvalue weighted by molar-refractivity contribution is 5.79. The van der Waals surface area contributed by atoms with Crippen LogP contribution in [0.25, 0.3) is 0 Å². The first-order valence-electron chi connectivity index (χ1n) is 7.87. The lowest BCUT2D eigenvalue weighted by atomic mass is 10.1. The van der Waals surface area contributed by atoms with Crippen LogP contribution in [0.2, 0.25) is 0 Å². The van der Waals surface area contributed by atoms with E-state index in [0.29, 0.717) is 0 Å². The summed E-state index contributed by atoms with van der Waals surface area (Å²) in [6.07, 6.45) is 4.42. The van der Waals surface area contributed by atoms with Gasteiger partial charge in [0.15, 0.2) is 0 Å². The van der Waals surface area contributed by atoms with Crippen molar-refractivity contribution in [1.82, 2.24) is 0 Å². The molecule has 0 amide bonds. The third kappa shape index (κ3) is 3.17. The zero-order valence-corrected chi connectivity index (χ0v) is 14.1. The number of halogens is 1. The van der Waals surface area contributed by atoms with Crippen molar-refractivity contribution in [1.29, 1.82) is 0 Å². The zero-order valence-electron chi connectivity index (χ0n) is 13.3. The van der Waals surface area contributed by atoms with E-state index in [1.54, 1.807) is 0 Å². The van der Waals surface area contributed by atoms with E-state index in [1.165, 1.54) is 22.5 Å². The number of anilines is 1. The van der Waals surface area contributed by atoms with Crippen LogP contribution in [-0.4, -0.2) is 24.0 Å². The average molecular weight is 315 g/mol. The zero-order chi connectivity index (χ0) is 14.7. The van der Waals surface area contributed by atoms with Crippen LogP contribution in [0.15, 0.2) is 48.5 Å². The predicted octanol–water partition coefficient (Wildman–Crippen LogP) is 1.01. The van der Waals surface area contributed by atoms with Crippen molar-refractivity contribution < 1.29 is 17.0 Å². The number of nitrogens with zero attached hydrogens (tertiary/aromatic N) is 2. The molecule has 3 rings (SSSR count). The first-order chi connectivity index (χ1) is 10.3. The largest absolute Gasteiger partial charge is 1.00 e. The topological polar surface area (TPSA) is 6.25 Å². The lowest BCUT2D eigenvalue weighted by Gasteiger charge is -2.10. The van der Waals surface area contributed by atoms with Crippen LogP contribution >= 0.6 is 0 Å². The van der Waals surface area contributed by atoms with Crippen LogP contribution < -0.4 is 17.3 Å². The fourth-order valence-corrected chi connectivity index (χ4v) is 3.04. The molecular formula is C19H23ClN2. The SMILES string of the molecule is CCc1ccccc1N1C=[N+](c2ccccc2CC)CC1.[Cl-]. The third-order valence-corrected chi connectivity index (χ3v) is 4.22. The summed E-state index contributed by atoms with van der Waals surface area (Å²) in [7, 11) is 0. The molecule has 1 heterocycles. The molecule has 0 atom stereocenters. The van der Waals surface area contributed by atoms with Crippen LogP contribution in [0.1, 0.15) is 25.0 Å². The Balaban J connectivity index is 0.00000176. The van der Waals surface area contributed by atoms with Gasteiger partial charge in [0.2, 0.25) is 6.34 Å². The van der Waals surface area contributed by atoms with Crippen molar-refractivity contribution in [2.24, 2.45) is 0 Å². The fraction of sp³-hybridized carbons (Fsp3) is 0.316. The normalized spacial score (nSPS) is 13.7.